The minimum Gasteiger partial charge on any atom is -0.457 e. The van der Waals surface area contributed by atoms with Crippen molar-refractivity contribution in [2.75, 3.05) is 0 Å². The lowest BCUT2D eigenvalue weighted by molar-refractivity contribution is -0.385. The van der Waals surface area contributed by atoms with Crippen molar-refractivity contribution in [3.05, 3.63) is 64.0 Å². The van der Waals surface area contributed by atoms with E-state index in [2.05, 4.69) is 0 Å². The molecule has 0 amide bonds. The lowest BCUT2D eigenvalue weighted by Gasteiger charge is -2.07. The van der Waals surface area contributed by atoms with Gasteiger partial charge in [0.1, 0.15) is 17.3 Å². The zero-order valence-electron chi connectivity index (χ0n) is 9.75. The van der Waals surface area contributed by atoms with Crippen molar-refractivity contribution < 1.29 is 19.2 Å². The molecule has 0 unspecified atom stereocenters. The quantitative estimate of drug-likeness (QED) is 0.679. The monoisotopic (exact) mass is 263 g/mol. The van der Waals surface area contributed by atoms with Crippen molar-refractivity contribution in [2.45, 2.75) is 6.61 Å². The van der Waals surface area contributed by atoms with Crippen LogP contribution in [0.4, 0.5) is 10.1 Å². The zero-order valence-corrected chi connectivity index (χ0v) is 9.75. The molecule has 0 aliphatic carbocycles. The summed E-state index contributed by atoms with van der Waals surface area (Å²) in [4.78, 5) is 9.91. The lowest BCUT2D eigenvalue weighted by Crippen LogP contribution is -1.92. The lowest BCUT2D eigenvalue weighted by atomic mass is 10.2. The highest BCUT2D eigenvalue weighted by Gasteiger charge is 2.11. The molecule has 0 aliphatic heterocycles. The number of hydrogen-bond acceptors (Lipinski definition) is 4. The summed E-state index contributed by atoms with van der Waals surface area (Å²) in [7, 11) is 0. The highest BCUT2D eigenvalue weighted by molar-refractivity contribution is 5.41. The summed E-state index contributed by atoms with van der Waals surface area (Å²) >= 11 is 0. The third-order valence-corrected chi connectivity index (χ3v) is 2.38. The number of nitrogens with zero attached hydrogens (tertiary/aromatic N) is 1. The van der Waals surface area contributed by atoms with Crippen molar-refractivity contribution in [3.8, 4) is 11.5 Å². The standard InChI is InChI=1S/C13H10FNO4/c14-10-5-11(15(17)18)7-13(6-10)19-12-3-1-2-9(4-12)8-16/h1-7,16H,8H2. The number of benzene rings is 2. The Morgan fingerprint density at radius 3 is 2.68 bits per heavy atom. The summed E-state index contributed by atoms with van der Waals surface area (Å²) in [5, 5.41) is 19.6. The summed E-state index contributed by atoms with van der Waals surface area (Å²) in [6.45, 7) is -0.152. The third kappa shape index (κ3) is 3.26. The van der Waals surface area contributed by atoms with Crippen LogP contribution in [0.25, 0.3) is 0 Å². The number of aliphatic hydroxyl groups excluding tert-OH is 1. The first-order valence-corrected chi connectivity index (χ1v) is 5.41. The van der Waals surface area contributed by atoms with Gasteiger partial charge in [0.15, 0.2) is 0 Å². The molecule has 19 heavy (non-hydrogen) atoms. The number of ether oxygens (including phenoxy) is 1. The van der Waals surface area contributed by atoms with Gasteiger partial charge in [-0.25, -0.2) is 4.39 Å². The number of nitro groups is 1. The fourth-order valence-corrected chi connectivity index (χ4v) is 1.56. The molecule has 2 aromatic carbocycles. The Morgan fingerprint density at radius 1 is 1.21 bits per heavy atom. The average Bonchev–Trinajstić information content (AvgIpc) is 2.38. The van der Waals surface area contributed by atoms with Gasteiger partial charge in [-0.2, -0.15) is 0 Å². The van der Waals surface area contributed by atoms with Crippen LogP contribution >= 0.6 is 0 Å². The highest BCUT2D eigenvalue weighted by Crippen LogP contribution is 2.27. The maximum atomic E-state index is 13.2. The number of aliphatic hydroxyl groups is 1. The summed E-state index contributed by atoms with van der Waals surface area (Å²) < 4.78 is 18.5. The molecule has 0 aromatic heterocycles. The first-order valence-electron chi connectivity index (χ1n) is 5.41. The SMILES string of the molecule is O=[N+]([O-])c1cc(F)cc(Oc2cccc(CO)c2)c1. The molecule has 0 heterocycles. The molecule has 0 bridgehead atoms. The van der Waals surface area contributed by atoms with Crippen LogP contribution in [0.3, 0.4) is 0 Å². The van der Waals surface area contributed by atoms with Crippen molar-refractivity contribution in [1.29, 1.82) is 0 Å². The Balaban J connectivity index is 2.29. The topological polar surface area (TPSA) is 72.6 Å². The fraction of sp³-hybridized carbons (Fsp3) is 0.0769. The molecule has 5 nitrogen and oxygen atoms in total. The van der Waals surface area contributed by atoms with Gasteiger partial charge < -0.3 is 9.84 Å². The normalized spacial score (nSPS) is 10.2. The van der Waals surface area contributed by atoms with E-state index in [9.17, 15) is 14.5 Å². The minimum absolute atomic E-state index is 0.0294. The van der Waals surface area contributed by atoms with Crippen molar-refractivity contribution >= 4 is 5.69 Å². The summed E-state index contributed by atoms with van der Waals surface area (Å²) in [5.74, 6) is -0.351. The Bertz CT molecular complexity index is 615. The van der Waals surface area contributed by atoms with E-state index in [4.69, 9.17) is 9.84 Å². The maximum absolute atomic E-state index is 13.2. The van der Waals surface area contributed by atoms with Crippen LogP contribution in [0.15, 0.2) is 42.5 Å². The van der Waals surface area contributed by atoms with E-state index in [-0.39, 0.29) is 18.0 Å². The van der Waals surface area contributed by atoms with Gasteiger partial charge in [0, 0.05) is 6.07 Å². The number of halogens is 1. The van der Waals surface area contributed by atoms with E-state index in [1.54, 1.807) is 24.3 Å². The molecule has 6 heteroatoms. The number of nitro benzene ring substituents is 1. The average molecular weight is 263 g/mol. The van der Waals surface area contributed by atoms with E-state index in [1.165, 1.54) is 0 Å². The third-order valence-electron chi connectivity index (χ3n) is 2.38. The molecule has 0 saturated heterocycles. The smallest absolute Gasteiger partial charge is 0.276 e. The second-order valence-electron chi connectivity index (χ2n) is 3.81. The molecular formula is C13H10FNO4. The molecule has 2 aromatic rings. The van der Waals surface area contributed by atoms with Crippen LogP contribution < -0.4 is 4.74 Å². The van der Waals surface area contributed by atoms with Crippen LogP contribution in [-0.2, 0) is 6.61 Å². The van der Waals surface area contributed by atoms with Gasteiger partial charge >= 0.3 is 0 Å². The van der Waals surface area contributed by atoms with Crippen molar-refractivity contribution in [2.24, 2.45) is 0 Å². The van der Waals surface area contributed by atoms with Crippen LogP contribution in [0, 0.1) is 15.9 Å². The molecule has 0 aliphatic rings. The number of non-ortho nitro benzene ring substituents is 1. The van der Waals surface area contributed by atoms with Gasteiger partial charge in [0.2, 0.25) is 0 Å². The molecule has 98 valence electrons. The fourth-order valence-electron chi connectivity index (χ4n) is 1.56. The van der Waals surface area contributed by atoms with E-state index in [0.29, 0.717) is 11.3 Å². The first-order chi connectivity index (χ1) is 9.08. The molecule has 0 radical (unpaired) electrons. The molecule has 0 fully saturated rings. The van der Waals surface area contributed by atoms with Crippen molar-refractivity contribution in [3.63, 3.8) is 0 Å². The number of hydrogen-bond donors (Lipinski definition) is 1. The van der Waals surface area contributed by atoms with Gasteiger partial charge in [-0.05, 0) is 17.7 Å². The van der Waals surface area contributed by atoms with E-state index < -0.39 is 10.7 Å². The highest BCUT2D eigenvalue weighted by atomic mass is 19.1. The van der Waals surface area contributed by atoms with Crippen LogP contribution in [0.1, 0.15) is 5.56 Å². The largest absolute Gasteiger partial charge is 0.457 e. The van der Waals surface area contributed by atoms with Crippen LogP contribution in [-0.4, -0.2) is 10.0 Å². The van der Waals surface area contributed by atoms with E-state index in [0.717, 1.165) is 18.2 Å². The van der Waals surface area contributed by atoms with Crippen LogP contribution in [0.2, 0.25) is 0 Å². The van der Waals surface area contributed by atoms with Crippen molar-refractivity contribution in [1.82, 2.24) is 0 Å². The van der Waals surface area contributed by atoms with Gasteiger partial charge in [-0.1, -0.05) is 12.1 Å². The summed E-state index contributed by atoms with van der Waals surface area (Å²) in [5.41, 5.74) is 0.247. The molecule has 1 N–H and O–H groups in total. The molecule has 2 rings (SSSR count). The predicted molar refractivity (Wildman–Crippen MR) is 65.5 cm³/mol. The van der Waals surface area contributed by atoms with Gasteiger partial charge in [0.25, 0.3) is 5.69 Å². The summed E-state index contributed by atoms with van der Waals surface area (Å²) in [6, 6.07) is 9.53. The first kappa shape index (κ1) is 13.0. The molecule has 0 atom stereocenters. The van der Waals surface area contributed by atoms with E-state index >= 15 is 0 Å². The molecular weight excluding hydrogens is 253 g/mol. The summed E-state index contributed by atoms with van der Waals surface area (Å²) in [6.07, 6.45) is 0. The Labute approximate surface area is 108 Å². The number of rotatable bonds is 4. The van der Waals surface area contributed by atoms with Gasteiger partial charge in [0.05, 0.1) is 23.7 Å². The molecule has 0 saturated carbocycles. The molecule has 0 spiro atoms. The minimum atomic E-state index is -0.748. The van der Waals surface area contributed by atoms with Crippen LogP contribution in [0.5, 0.6) is 11.5 Å². The second-order valence-corrected chi connectivity index (χ2v) is 3.81. The Hall–Kier alpha value is -2.47. The zero-order chi connectivity index (χ0) is 13.8. The predicted octanol–water partition coefficient (Wildman–Crippen LogP) is 3.02. The maximum Gasteiger partial charge on any atom is 0.276 e. The Morgan fingerprint density at radius 2 is 2.00 bits per heavy atom. The van der Waals surface area contributed by atoms with Gasteiger partial charge in [-0.15, -0.1) is 0 Å². The van der Waals surface area contributed by atoms with E-state index in [1.807, 2.05) is 0 Å². The Kier molecular flexibility index (Phi) is 3.72. The second kappa shape index (κ2) is 5.45. The van der Waals surface area contributed by atoms with Gasteiger partial charge in [-0.3, -0.25) is 10.1 Å².